The van der Waals surface area contributed by atoms with Crippen LogP contribution in [0.3, 0.4) is 0 Å². The van der Waals surface area contributed by atoms with E-state index in [1.54, 1.807) is 2.89 Å². The quantitative estimate of drug-likeness (QED) is 0.592. The molecule has 0 unspecified atom stereocenters. The molecule has 0 aliphatic heterocycles. The minimum absolute atomic E-state index is 1.05. The molecule has 0 bridgehead atoms. The van der Waals surface area contributed by atoms with Crippen LogP contribution < -0.4 is 2.89 Å². The van der Waals surface area contributed by atoms with Gasteiger partial charge in [-0.1, -0.05) is 0 Å². The molecule has 1 aromatic rings. The van der Waals surface area contributed by atoms with E-state index in [1.165, 1.54) is 5.56 Å². The second kappa shape index (κ2) is 3.96. The molecule has 0 saturated carbocycles. The van der Waals surface area contributed by atoms with Crippen molar-refractivity contribution in [1.82, 2.24) is 0 Å². The van der Waals surface area contributed by atoms with Gasteiger partial charge in [0.1, 0.15) is 0 Å². The predicted octanol–water partition coefficient (Wildman–Crippen LogP) is 3.02. The summed E-state index contributed by atoms with van der Waals surface area (Å²) >= 11 is 0.145. The van der Waals surface area contributed by atoms with Gasteiger partial charge in [0.2, 0.25) is 0 Å². The van der Waals surface area contributed by atoms with Crippen molar-refractivity contribution in [1.29, 1.82) is 0 Å². The van der Waals surface area contributed by atoms with Crippen LogP contribution in [-0.4, -0.2) is 18.4 Å². The molecule has 1 rings (SSSR count). The molecule has 0 nitrogen and oxygen atoms in total. The molecule has 0 atom stereocenters. The summed E-state index contributed by atoms with van der Waals surface area (Å²) in [7, 11) is 0. The van der Waals surface area contributed by atoms with Gasteiger partial charge < -0.3 is 0 Å². The summed E-state index contributed by atoms with van der Waals surface area (Å²) in [5, 5.41) is 2.22. The third-order valence-corrected chi connectivity index (χ3v) is 12.5. The molecule has 0 fully saturated rings. The Kier molecular flexibility index (Phi) is 3.41. The Balaban J connectivity index is 2.99. The molecule has 0 amide bonds. The van der Waals surface area contributed by atoms with Crippen molar-refractivity contribution >= 4 is 32.6 Å². The van der Waals surface area contributed by atoms with Crippen LogP contribution in [0.15, 0.2) is 24.1 Å². The Hall–Kier alpha value is 0.239. The van der Waals surface area contributed by atoms with Crippen LogP contribution in [0.1, 0.15) is 5.56 Å². The first-order valence-electron chi connectivity index (χ1n) is 4.23. The SMILES string of the molecule is C=CCc1ccs[c]1[Sn]([CH3])([CH3])[CH3]. The predicted molar refractivity (Wildman–Crippen MR) is 61.2 cm³/mol. The van der Waals surface area contributed by atoms with E-state index in [4.69, 9.17) is 0 Å². The summed E-state index contributed by atoms with van der Waals surface area (Å²) in [6.45, 7) is 3.79. The van der Waals surface area contributed by atoms with Gasteiger partial charge in [-0.15, -0.1) is 0 Å². The third-order valence-electron chi connectivity index (χ3n) is 1.79. The molecule has 1 aromatic heterocycles. The number of hydrogen-bond donors (Lipinski definition) is 0. The Morgan fingerprint density at radius 1 is 1.50 bits per heavy atom. The summed E-state index contributed by atoms with van der Waals surface area (Å²) < 4.78 is 1.70. The van der Waals surface area contributed by atoms with Gasteiger partial charge in [-0.3, -0.25) is 0 Å². The van der Waals surface area contributed by atoms with E-state index in [2.05, 4.69) is 32.8 Å². The molecule has 1 heterocycles. The van der Waals surface area contributed by atoms with Gasteiger partial charge in [0.05, 0.1) is 0 Å². The second-order valence-corrected chi connectivity index (χ2v) is 20.2. The van der Waals surface area contributed by atoms with Crippen molar-refractivity contribution in [3.05, 3.63) is 29.7 Å². The summed E-state index contributed by atoms with van der Waals surface area (Å²) in [6, 6.07) is 2.25. The van der Waals surface area contributed by atoms with E-state index >= 15 is 0 Å². The standard InChI is InChI=1S/C7H7S.3CH3.Sn/c1-2-3-7-4-5-8-6-7;;;;/h2,4-5H,1,3H2;3*1H3;. The van der Waals surface area contributed by atoms with Crippen molar-refractivity contribution in [2.45, 2.75) is 21.2 Å². The normalized spacial score (nSPS) is 11.6. The molecule has 0 spiro atoms. The van der Waals surface area contributed by atoms with Gasteiger partial charge in [0.15, 0.2) is 0 Å². The molecular formula is C10H16SSn. The van der Waals surface area contributed by atoms with Crippen LogP contribution in [0.2, 0.25) is 14.8 Å². The van der Waals surface area contributed by atoms with Crippen molar-refractivity contribution in [2.75, 3.05) is 0 Å². The number of allylic oxidation sites excluding steroid dienone is 1. The van der Waals surface area contributed by atoms with Crippen molar-refractivity contribution < 1.29 is 0 Å². The molecule has 2 heteroatoms. The first-order valence-corrected chi connectivity index (χ1v) is 15.1. The van der Waals surface area contributed by atoms with E-state index in [-0.39, 0.29) is 0 Å². The third kappa shape index (κ3) is 2.36. The fourth-order valence-corrected chi connectivity index (χ4v) is 9.22. The Labute approximate surface area is 83.2 Å². The summed E-state index contributed by atoms with van der Waals surface area (Å²) in [5.74, 6) is 0. The fraction of sp³-hybridized carbons (Fsp3) is 0.400. The van der Waals surface area contributed by atoms with Gasteiger partial charge >= 0.3 is 83.5 Å². The van der Waals surface area contributed by atoms with E-state index in [0.717, 1.165) is 6.42 Å². The number of thiophene rings is 1. The van der Waals surface area contributed by atoms with Crippen LogP contribution in [0, 0.1) is 0 Å². The van der Waals surface area contributed by atoms with Crippen molar-refractivity contribution in [3.8, 4) is 0 Å². The Bertz CT molecular complexity index is 268. The van der Waals surface area contributed by atoms with Crippen LogP contribution in [0.4, 0.5) is 0 Å². The minimum atomic E-state index is -1.80. The van der Waals surface area contributed by atoms with Gasteiger partial charge in [0, 0.05) is 0 Å². The summed E-state index contributed by atoms with van der Waals surface area (Å²) in [6.07, 6.45) is 3.05. The number of hydrogen-bond acceptors (Lipinski definition) is 1. The van der Waals surface area contributed by atoms with Crippen LogP contribution in [-0.2, 0) is 6.42 Å². The second-order valence-electron chi connectivity index (χ2n) is 4.02. The van der Waals surface area contributed by atoms with Crippen LogP contribution in [0.5, 0.6) is 0 Å². The first kappa shape index (κ1) is 10.3. The average Bonchev–Trinajstić information content (AvgIpc) is 2.34. The van der Waals surface area contributed by atoms with E-state index < -0.39 is 18.4 Å². The first-order chi connectivity index (χ1) is 5.55. The fourth-order valence-electron chi connectivity index (χ4n) is 1.31. The van der Waals surface area contributed by atoms with Crippen LogP contribution >= 0.6 is 11.3 Å². The molecule has 12 heavy (non-hydrogen) atoms. The average molecular weight is 287 g/mol. The molecule has 0 aliphatic rings. The number of rotatable bonds is 3. The molecule has 0 N–H and O–H groups in total. The molecule has 0 saturated heterocycles. The Morgan fingerprint density at radius 3 is 2.67 bits per heavy atom. The molecular weight excluding hydrogens is 271 g/mol. The summed E-state index contributed by atoms with van der Waals surface area (Å²) in [4.78, 5) is 7.40. The molecule has 0 radical (unpaired) electrons. The van der Waals surface area contributed by atoms with E-state index in [1.807, 2.05) is 17.4 Å². The molecule has 0 aliphatic carbocycles. The zero-order chi connectivity index (χ0) is 9.19. The maximum absolute atomic E-state index is 3.79. The maximum atomic E-state index is 3.79. The van der Waals surface area contributed by atoms with Gasteiger partial charge in [-0.2, -0.15) is 0 Å². The van der Waals surface area contributed by atoms with Gasteiger partial charge in [-0.05, 0) is 0 Å². The zero-order valence-electron chi connectivity index (χ0n) is 8.05. The zero-order valence-corrected chi connectivity index (χ0v) is 11.7. The Morgan fingerprint density at radius 2 is 2.17 bits per heavy atom. The van der Waals surface area contributed by atoms with Crippen LogP contribution in [0.25, 0.3) is 0 Å². The van der Waals surface area contributed by atoms with E-state index in [0.29, 0.717) is 0 Å². The van der Waals surface area contributed by atoms with E-state index in [9.17, 15) is 0 Å². The van der Waals surface area contributed by atoms with Gasteiger partial charge in [-0.25, -0.2) is 0 Å². The molecule has 66 valence electrons. The molecule has 0 aromatic carbocycles. The van der Waals surface area contributed by atoms with Crippen molar-refractivity contribution in [3.63, 3.8) is 0 Å². The summed E-state index contributed by atoms with van der Waals surface area (Å²) in [5.41, 5.74) is 1.53. The monoisotopic (exact) mass is 288 g/mol. The topological polar surface area (TPSA) is 0 Å². The van der Waals surface area contributed by atoms with Crippen molar-refractivity contribution in [2.24, 2.45) is 0 Å². The van der Waals surface area contributed by atoms with Gasteiger partial charge in [0.25, 0.3) is 0 Å².